The molecule has 13 heteroatoms. The lowest BCUT2D eigenvalue weighted by Gasteiger charge is -2.66. The van der Waals surface area contributed by atoms with Gasteiger partial charge >= 0.3 is 10.4 Å². The highest BCUT2D eigenvalue weighted by atomic mass is 32.3. The van der Waals surface area contributed by atoms with Crippen molar-refractivity contribution in [3.05, 3.63) is 0 Å². The average molecular weight is 665 g/mol. The van der Waals surface area contributed by atoms with Crippen molar-refractivity contribution in [2.75, 3.05) is 6.61 Å². The lowest BCUT2D eigenvalue weighted by Crippen LogP contribution is -2.68. The van der Waals surface area contributed by atoms with Crippen LogP contribution in [0.5, 0.6) is 0 Å². The van der Waals surface area contributed by atoms with Gasteiger partial charge in [-0.25, -0.2) is 4.18 Å². The van der Waals surface area contributed by atoms with Gasteiger partial charge in [-0.15, -0.1) is 0 Å². The molecule has 0 radical (unpaired) electrons. The lowest BCUT2D eigenvalue weighted by molar-refractivity contribution is -0.263. The summed E-state index contributed by atoms with van der Waals surface area (Å²) in [5.74, 6) is -0.225. The molecule has 0 spiro atoms. The summed E-state index contributed by atoms with van der Waals surface area (Å²) in [6, 6.07) is 0. The molecule has 1 heterocycles. The molecule has 7 N–H and O–H groups in total. The van der Waals surface area contributed by atoms with Crippen molar-refractivity contribution in [1.29, 1.82) is 0 Å². The fourth-order valence-corrected chi connectivity index (χ4v) is 11.5. The third-order valence-corrected chi connectivity index (χ3v) is 13.6. The van der Waals surface area contributed by atoms with Crippen molar-refractivity contribution in [3.63, 3.8) is 0 Å². The number of hydrogen-bond donors (Lipinski definition) is 7. The van der Waals surface area contributed by atoms with E-state index in [9.17, 15) is 39.1 Å². The second kappa shape index (κ2) is 12.8. The third-order valence-electron chi connectivity index (χ3n) is 13.1. The molecule has 0 amide bonds. The zero-order valence-electron chi connectivity index (χ0n) is 27.2. The number of aliphatic hydroxyl groups excluding tert-OH is 5. The van der Waals surface area contributed by atoms with Crippen LogP contribution in [0, 0.1) is 46.3 Å². The molecule has 16 unspecified atom stereocenters. The lowest BCUT2D eigenvalue weighted by atomic mass is 9.42. The van der Waals surface area contributed by atoms with Crippen molar-refractivity contribution in [1.82, 2.24) is 0 Å². The van der Waals surface area contributed by atoms with Gasteiger partial charge in [0, 0.05) is 12.3 Å². The molecule has 0 bridgehead atoms. The van der Waals surface area contributed by atoms with Crippen LogP contribution in [0.4, 0.5) is 0 Å². The van der Waals surface area contributed by atoms with Crippen LogP contribution < -0.4 is 0 Å². The maximum atomic E-state index is 12.5. The maximum Gasteiger partial charge on any atom is 0.397 e. The molecule has 16 atom stereocenters. The van der Waals surface area contributed by atoms with Crippen molar-refractivity contribution in [2.45, 2.75) is 147 Å². The fourth-order valence-electron chi connectivity index (χ4n) is 11.0. The van der Waals surface area contributed by atoms with Crippen LogP contribution in [0.25, 0.3) is 0 Å². The Hall–Kier alpha value is -0.450. The standard InChI is InChI=1S/C32H56O12S/c1-16(2)23(42-29-26(37)27(24(15-33)43-29)44-45(39,40)41)7-6-17(3)19-13-21(35)28-31(19,5)11-9-25-30(4)10-8-18(34)12-20(30)22(36)14-32(25,28)38/h16-29,33-38H,6-15H2,1-5H3,(H,39,40,41). The predicted molar refractivity (Wildman–Crippen MR) is 162 cm³/mol. The van der Waals surface area contributed by atoms with E-state index in [1.54, 1.807) is 0 Å². The molecule has 45 heavy (non-hydrogen) atoms. The minimum Gasteiger partial charge on any atom is -0.394 e. The Kier molecular flexibility index (Phi) is 10.2. The van der Waals surface area contributed by atoms with Gasteiger partial charge in [-0.05, 0) is 91.8 Å². The number of aliphatic hydroxyl groups is 6. The molecule has 5 fully saturated rings. The van der Waals surface area contributed by atoms with E-state index in [4.69, 9.17) is 14.0 Å². The molecule has 5 rings (SSSR count). The minimum atomic E-state index is -4.90. The molecule has 4 saturated carbocycles. The smallest absolute Gasteiger partial charge is 0.394 e. The number of fused-ring (bicyclic) bond motifs is 5. The quantitative estimate of drug-likeness (QED) is 0.167. The number of hydrogen-bond acceptors (Lipinski definition) is 11. The van der Waals surface area contributed by atoms with E-state index in [2.05, 4.69) is 25.0 Å². The predicted octanol–water partition coefficient (Wildman–Crippen LogP) is 1.79. The molecule has 5 aliphatic rings. The fraction of sp³-hybridized carbons (Fsp3) is 1.00. The Labute approximate surface area is 267 Å². The minimum absolute atomic E-state index is 0.00204. The molecule has 1 saturated heterocycles. The maximum absolute atomic E-state index is 12.5. The molecule has 0 aromatic heterocycles. The van der Waals surface area contributed by atoms with Gasteiger partial charge in [-0.1, -0.05) is 34.6 Å². The highest BCUT2D eigenvalue weighted by Crippen LogP contribution is 2.69. The van der Waals surface area contributed by atoms with Crippen LogP contribution in [0.1, 0.15) is 92.4 Å². The summed E-state index contributed by atoms with van der Waals surface area (Å²) in [7, 11) is -4.90. The summed E-state index contributed by atoms with van der Waals surface area (Å²) in [5, 5.41) is 66.2. The second-order valence-corrected chi connectivity index (χ2v) is 17.0. The Morgan fingerprint density at radius 2 is 1.62 bits per heavy atom. The SMILES string of the molecule is CC(C)C(CCC(C)C1CC(O)C2C1(C)CCC1C3(C)CCC(O)CC3C(O)CC12O)OC1OC(CO)C(OS(=O)(=O)O)C1O. The first kappa shape index (κ1) is 35.8. The van der Waals surface area contributed by atoms with E-state index in [1.165, 1.54) is 0 Å². The molecule has 12 nitrogen and oxygen atoms in total. The van der Waals surface area contributed by atoms with E-state index >= 15 is 0 Å². The highest BCUT2D eigenvalue weighted by Gasteiger charge is 2.70. The topological polar surface area (TPSA) is 203 Å². The van der Waals surface area contributed by atoms with Gasteiger partial charge in [0.2, 0.25) is 0 Å². The van der Waals surface area contributed by atoms with E-state index in [1.807, 2.05) is 13.8 Å². The van der Waals surface area contributed by atoms with Crippen LogP contribution in [-0.2, 0) is 24.1 Å². The van der Waals surface area contributed by atoms with Gasteiger partial charge < -0.3 is 40.1 Å². The Morgan fingerprint density at radius 1 is 0.956 bits per heavy atom. The molecule has 0 aromatic carbocycles. The van der Waals surface area contributed by atoms with Crippen molar-refractivity contribution in [2.24, 2.45) is 46.3 Å². The average Bonchev–Trinajstić information content (AvgIpc) is 3.38. The van der Waals surface area contributed by atoms with Crippen molar-refractivity contribution in [3.8, 4) is 0 Å². The van der Waals surface area contributed by atoms with E-state index in [-0.39, 0.29) is 52.8 Å². The Morgan fingerprint density at radius 3 is 2.24 bits per heavy atom. The van der Waals surface area contributed by atoms with Crippen molar-refractivity contribution < 1.29 is 57.3 Å². The summed E-state index contributed by atoms with van der Waals surface area (Å²) in [6.07, 6.45) is -2.09. The van der Waals surface area contributed by atoms with Gasteiger partial charge in [0.1, 0.15) is 18.3 Å². The van der Waals surface area contributed by atoms with Gasteiger partial charge in [0.05, 0.1) is 36.6 Å². The second-order valence-electron chi connectivity index (χ2n) is 16.0. The summed E-state index contributed by atoms with van der Waals surface area (Å²) in [4.78, 5) is 0. The number of rotatable bonds is 10. The molecule has 4 aliphatic carbocycles. The molecular weight excluding hydrogens is 608 g/mol. The first-order valence-corrected chi connectivity index (χ1v) is 18.2. The zero-order chi connectivity index (χ0) is 33.3. The molecular formula is C32H56O12S. The Balaban J connectivity index is 1.27. The summed E-state index contributed by atoms with van der Waals surface area (Å²) < 4.78 is 47.9. The summed E-state index contributed by atoms with van der Waals surface area (Å²) >= 11 is 0. The van der Waals surface area contributed by atoms with Gasteiger partial charge in [0.25, 0.3) is 0 Å². The van der Waals surface area contributed by atoms with E-state index < -0.39 is 71.6 Å². The van der Waals surface area contributed by atoms with Crippen molar-refractivity contribution >= 4 is 10.4 Å². The van der Waals surface area contributed by atoms with Crippen LogP contribution >= 0.6 is 0 Å². The van der Waals surface area contributed by atoms with E-state index in [0.717, 1.165) is 25.7 Å². The molecule has 262 valence electrons. The normalized spacial score (nSPS) is 49.8. The van der Waals surface area contributed by atoms with Crippen LogP contribution in [-0.4, -0.2) is 105 Å². The number of ether oxygens (including phenoxy) is 2. The van der Waals surface area contributed by atoms with Gasteiger partial charge in [-0.2, -0.15) is 8.42 Å². The first-order valence-electron chi connectivity index (χ1n) is 16.9. The molecule has 0 aromatic rings. The molecule has 1 aliphatic heterocycles. The highest BCUT2D eigenvalue weighted by molar-refractivity contribution is 7.80. The van der Waals surface area contributed by atoms with Gasteiger partial charge in [0.15, 0.2) is 6.29 Å². The zero-order valence-corrected chi connectivity index (χ0v) is 28.1. The summed E-state index contributed by atoms with van der Waals surface area (Å²) in [5.41, 5.74) is -1.84. The summed E-state index contributed by atoms with van der Waals surface area (Å²) in [6.45, 7) is 9.81. The third kappa shape index (κ3) is 6.38. The monoisotopic (exact) mass is 664 g/mol. The van der Waals surface area contributed by atoms with E-state index in [0.29, 0.717) is 25.7 Å². The van der Waals surface area contributed by atoms with Gasteiger partial charge in [-0.3, -0.25) is 4.55 Å². The van der Waals surface area contributed by atoms with Crippen LogP contribution in [0.2, 0.25) is 0 Å². The van der Waals surface area contributed by atoms with Crippen LogP contribution in [0.15, 0.2) is 0 Å². The largest absolute Gasteiger partial charge is 0.397 e. The Bertz CT molecular complexity index is 1150. The first-order chi connectivity index (χ1) is 20.9. The van der Waals surface area contributed by atoms with Crippen LogP contribution in [0.3, 0.4) is 0 Å².